The number of aliphatic imine (C=N–C) groups is 1. The van der Waals surface area contributed by atoms with Gasteiger partial charge in [0.15, 0.2) is 5.96 Å². The van der Waals surface area contributed by atoms with Gasteiger partial charge in [-0.15, -0.1) is 24.0 Å². The highest BCUT2D eigenvalue weighted by atomic mass is 127. The zero-order valence-electron chi connectivity index (χ0n) is 15.5. The molecule has 0 bridgehead atoms. The van der Waals surface area contributed by atoms with Crippen LogP contribution in [-0.2, 0) is 11.3 Å². The van der Waals surface area contributed by atoms with Gasteiger partial charge in [0.05, 0.1) is 7.11 Å². The van der Waals surface area contributed by atoms with Crippen LogP contribution in [0.2, 0.25) is 0 Å². The molecule has 1 aliphatic heterocycles. The Balaban J connectivity index is 0.00000261. The number of ether oxygens (including phenoxy) is 1. The molecule has 3 rings (SSSR count). The molecule has 0 aromatic heterocycles. The highest BCUT2D eigenvalue weighted by Crippen LogP contribution is 2.31. The van der Waals surface area contributed by atoms with Crippen molar-refractivity contribution in [2.75, 3.05) is 26.0 Å². The molecular weight excluding hydrogens is 455 g/mol. The van der Waals surface area contributed by atoms with E-state index in [1.165, 1.54) is 0 Å². The molecule has 1 unspecified atom stereocenters. The first-order valence-electron chi connectivity index (χ1n) is 8.66. The van der Waals surface area contributed by atoms with Gasteiger partial charge in [0.2, 0.25) is 5.91 Å². The Hall–Kier alpha value is -2.29. The number of carbonyl (C=O) groups is 1. The quantitative estimate of drug-likeness (QED) is 0.350. The van der Waals surface area contributed by atoms with E-state index in [-0.39, 0.29) is 35.8 Å². The summed E-state index contributed by atoms with van der Waals surface area (Å²) < 4.78 is 5.37. The second-order valence-electron chi connectivity index (χ2n) is 6.15. The van der Waals surface area contributed by atoms with Crippen molar-refractivity contribution in [1.82, 2.24) is 10.6 Å². The van der Waals surface area contributed by atoms with Gasteiger partial charge in [-0.2, -0.15) is 0 Å². The van der Waals surface area contributed by atoms with E-state index in [0.717, 1.165) is 22.6 Å². The van der Waals surface area contributed by atoms with Crippen LogP contribution in [0.4, 0.5) is 5.69 Å². The lowest BCUT2D eigenvalue weighted by molar-refractivity contribution is -0.116. The van der Waals surface area contributed by atoms with E-state index in [2.05, 4.69) is 27.0 Å². The molecule has 6 nitrogen and oxygen atoms in total. The number of carbonyl (C=O) groups excluding carboxylic acids is 1. The van der Waals surface area contributed by atoms with E-state index in [1.807, 2.05) is 42.5 Å². The predicted molar refractivity (Wildman–Crippen MR) is 119 cm³/mol. The van der Waals surface area contributed by atoms with Crippen molar-refractivity contribution in [3.63, 3.8) is 0 Å². The minimum Gasteiger partial charge on any atom is -0.496 e. The van der Waals surface area contributed by atoms with Gasteiger partial charge in [-0.1, -0.05) is 36.4 Å². The third-order valence-electron chi connectivity index (χ3n) is 4.48. The summed E-state index contributed by atoms with van der Waals surface area (Å²) in [4.78, 5) is 16.2. The number of benzene rings is 2. The van der Waals surface area contributed by atoms with Crippen LogP contribution in [-0.4, -0.2) is 32.6 Å². The number of anilines is 1. The van der Waals surface area contributed by atoms with E-state index in [4.69, 9.17) is 4.74 Å². The number of rotatable bonds is 5. The van der Waals surface area contributed by atoms with Gasteiger partial charge >= 0.3 is 0 Å². The highest BCUT2D eigenvalue weighted by molar-refractivity contribution is 14.0. The van der Waals surface area contributed by atoms with Crippen molar-refractivity contribution in [1.29, 1.82) is 0 Å². The lowest BCUT2D eigenvalue weighted by atomic mass is 9.90. The summed E-state index contributed by atoms with van der Waals surface area (Å²) in [6.45, 7) is 1.24. The Kier molecular flexibility index (Phi) is 7.90. The normalized spacial score (nSPS) is 15.9. The van der Waals surface area contributed by atoms with Crippen molar-refractivity contribution in [2.24, 2.45) is 4.99 Å². The predicted octanol–water partition coefficient (Wildman–Crippen LogP) is 3.10. The Morgan fingerprint density at radius 3 is 2.70 bits per heavy atom. The molecule has 1 atom stereocenters. The van der Waals surface area contributed by atoms with Crippen molar-refractivity contribution in [2.45, 2.75) is 18.9 Å². The Bertz CT molecular complexity index is 810. The van der Waals surface area contributed by atoms with Crippen molar-refractivity contribution >= 4 is 41.5 Å². The van der Waals surface area contributed by atoms with Crippen LogP contribution in [0, 0.1) is 0 Å². The fourth-order valence-electron chi connectivity index (χ4n) is 3.15. The molecule has 2 aromatic rings. The largest absolute Gasteiger partial charge is 0.496 e. The van der Waals surface area contributed by atoms with Gasteiger partial charge in [-0.25, -0.2) is 0 Å². The summed E-state index contributed by atoms with van der Waals surface area (Å²) in [5.74, 6) is 1.70. The van der Waals surface area contributed by atoms with E-state index >= 15 is 0 Å². The maximum Gasteiger partial charge on any atom is 0.225 e. The first-order chi connectivity index (χ1) is 12.7. The number of methoxy groups -OCH3 is 1. The van der Waals surface area contributed by atoms with Crippen LogP contribution < -0.4 is 20.7 Å². The molecule has 1 amide bonds. The third kappa shape index (κ3) is 5.35. The molecule has 1 aliphatic rings. The summed E-state index contributed by atoms with van der Waals surface area (Å²) in [5.41, 5.74) is 3.10. The number of nitrogens with one attached hydrogen (secondary N) is 3. The molecule has 0 spiro atoms. The topological polar surface area (TPSA) is 74.8 Å². The molecule has 0 aliphatic carbocycles. The van der Waals surface area contributed by atoms with Gasteiger partial charge in [0.25, 0.3) is 0 Å². The Morgan fingerprint density at radius 1 is 1.19 bits per heavy atom. The van der Waals surface area contributed by atoms with Crippen molar-refractivity contribution in [3.05, 3.63) is 59.7 Å². The van der Waals surface area contributed by atoms with E-state index in [0.29, 0.717) is 25.5 Å². The summed E-state index contributed by atoms with van der Waals surface area (Å²) in [7, 11) is 3.40. The van der Waals surface area contributed by atoms with Gasteiger partial charge < -0.3 is 20.7 Å². The molecule has 0 saturated heterocycles. The summed E-state index contributed by atoms with van der Waals surface area (Å²) >= 11 is 0. The molecule has 0 saturated carbocycles. The number of guanidine groups is 1. The summed E-state index contributed by atoms with van der Waals surface area (Å²) in [6.07, 6.45) is 0.466. The average molecular weight is 480 g/mol. The first-order valence-corrected chi connectivity index (χ1v) is 8.66. The minimum absolute atomic E-state index is 0. The second kappa shape index (κ2) is 10.1. The molecule has 1 heterocycles. The monoisotopic (exact) mass is 480 g/mol. The standard InChI is InChI=1S/C20H24N4O2.HI/c1-21-20(22-12-14-7-3-6-10-18(14)26-2)23-13-15-11-19(25)24-17-9-5-4-8-16(15)17;/h3-10,15H,11-13H2,1-2H3,(H,24,25)(H2,21,22,23);1H. The average Bonchev–Trinajstić information content (AvgIpc) is 2.68. The van der Waals surface area contributed by atoms with Gasteiger partial charge in [0, 0.05) is 43.7 Å². The second-order valence-corrected chi connectivity index (χ2v) is 6.15. The van der Waals surface area contributed by atoms with Crippen LogP contribution in [0.15, 0.2) is 53.5 Å². The minimum atomic E-state index is 0. The van der Waals surface area contributed by atoms with Crippen LogP contribution in [0.5, 0.6) is 5.75 Å². The smallest absolute Gasteiger partial charge is 0.225 e. The number of nitrogens with zero attached hydrogens (tertiary/aromatic N) is 1. The molecule has 3 N–H and O–H groups in total. The first kappa shape index (κ1) is 21.0. The maximum atomic E-state index is 11.9. The fourth-order valence-corrected chi connectivity index (χ4v) is 3.15. The number of hydrogen-bond donors (Lipinski definition) is 3. The number of amides is 1. The molecular formula is C20H25IN4O2. The molecule has 27 heavy (non-hydrogen) atoms. The fraction of sp³-hybridized carbons (Fsp3) is 0.300. The van der Waals surface area contributed by atoms with Crippen molar-refractivity contribution < 1.29 is 9.53 Å². The third-order valence-corrected chi connectivity index (χ3v) is 4.48. The van der Waals surface area contributed by atoms with E-state index in [9.17, 15) is 4.79 Å². The van der Waals surface area contributed by atoms with Crippen LogP contribution >= 0.6 is 24.0 Å². The molecule has 2 aromatic carbocycles. The van der Waals surface area contributed by atoms with E-state index < -0.39 is 0 Å². The van der Waals surface area contributed by atoms with Gasteiger partial charge in [-0.3, -0.25) is 9.79 Å². The van der Waals surface area contributed by atoms with E-state index in [1.54, 1.807) is 14.2 Å². The Morgan fingerprint density at radius 2 is 1.93 bits per heavy atom. The van der Waals surface area contributed by atoms with Crippen LogP contribution in [0.1, 0.15) is 23.5 Å². The molecule has 0 radical (unpaired) electrons. The number of hydrogen-bond acceptors (Lipinski definition) is 3. The lowest BCUT2D eigenvalue weighted by Crippen LogP contribution is -2.40. The van der Waals surface area contributed by atoms with Gasteiger partial charge in [-0.05, 0) is 17.7 Å². The lowest BCUT2D eigenvalue weighted by Gasteiger charge is -2.26. The number of para-hydroxylation sites is 2. The zero-order valence-corrected chi connectivity index (χ0v) is 17.8. The van der Waals surface area contributed by atoms with Gasteiger partial charge in [0.1, 0.15) is 5.75 Å². The summed E-state index contributed by atoms with van der Waals surface area (Å²) in [6, 6.07) is 15.8. The van der Waals surface area contributed by atoms with Crippen molar-refractivity contribution in [3.8, 4) is 5.75 Å². The molecule has 144 valence electrons. The number of halogens is 1. The zero-order chi connectivity index (χ0) is 18.4. The summed E-state index contributed by atoms with van der Waals surface area (Å²) in [5, 5.41) is 9.54. The number of fused-ring (bicyclic) bond motifs is 1. The maximum absolute atomic E-state index is 11.9. The molecule has 0 fully saturated rings. The van der Waals surface area contributed by atoms with Crippen LogP contribution in [0.25, 0.3) is 0 Å². The highest BCUT2D eigenvalue weighted by Gasteiger charge is 2.24. The Labute approximate surface area is 176 Å². The molecule has 7 heteroatoms. The van der Waals surface area contributed by atoms with Crippen LogP contribution in [0.3, 0.4) is 0 Å². The SMILES string of the molecule is CN=C(NCc1ccccc1OC)NCC1CC(=O)Nc2ccccc21.I.